The Hall–Kier alpha value is -3.28. The molecule has 4 unspecified atom stereocenters. The Bertz CT molecular complexity index is 1420. The molecular weight excluding hydrogens is 572 g/mol. The van der Waals surface area contributed by atoms with Gasteiger partial charge in [-0.25, -0.2) is 13.5 Å². The zero-order valence-corrected chi connectivity index (χ0v) is 24.3. The summed E-state index contributed by atoms with van der Waals surface area (Å²) < 4.78 is 34.5. The Kier molecular flexibility index (Phi) is 7.61. The molecule has 3 heterocycles. The maximum Gasteiger partial charge on any atom is 0.307 e. The Morgan fingerprint density at radius 1 is 1.17 bits per heavy atom. The highest BCUT2D eigenvalue weighted by Gasteiger charge is 2.56. The van der Waals surface area contributed by atoms with Gasteiger partial charge in [-0.15, -0.1) is 5.10 Å². The number of aromatic nitrogens is 3. The zero-order valence-electron chi connectivity index (χ0n) is 23.5. The second-order valence-corrected chi connectivity index (χ2v) is 12.4. The van der Waals surface area contributed by atoms with Gasteiger partial charge in [-0.2, -0.15) is 0 Å². The van der Waals surface area contributed by atoms with Crippen molar-refractivity contribution in [1.82, 2.24) is 24.8 Å². The number of hydrogen-bond acceptors (Lipinski definition) is 6. The van der Waals surface area contributed by atoms with Crippen LogP contribution in [0.25, 0.3) is 0 Å². The zero-order chi connectivity index (χ0) is 29.9. The van der Waals surface area contributed by atoms with Crippen molar-refractivity contribution in [3.05, 3.63) is 39.7 Å². The van der Waals surface area contributed by atoms with Gasteiger partial charge in [-0.05, 0) is 68.6 Å². The van der Waals surface area contributed by atoms with Gasteiger partial charge in [0.15, 0.2) is 0 Å². The lowest BCUT2D eigenvalue weighted by Crippen LogP contribution is -2.53. The molecule has 0 radical (unpaired) electrons. The molecule has 1 saturated heterocycles. The molecule has 42 heavy (non-hydrogen) atoms. The van der Waals surface area contributed by atoms with Gasteiger partial charge < -0.3 is 19.6 Å². The average Bonchev–Trinajstić information content (AvgIpc) is 3.75. The molecule has 13 heteroatoms. The highest BCUT2D eigenvalue weighted by Crippen LogP contribution is 2.54. The number of carbonyl (C=O) groups excluding carboxylic acids is 2. The molecule has 2 aliphatic carbocycles. The highest BCUT2D eigenvalue weighted by molar-refractivity contribution is 6.31. The van der Waals surface area contributed by atoms with E-state index in [-0.39, 0.29) is 41.6 Å². The third-order valence-electron chi connectivity index (χ3n) is 9.84. The lowest BCUT2D eigenvalue weighted by Gasteiger charge is -2.46. The van der Waals surface area contributed by atoms with Gasteiger partial charge >= 0.3 is 5.97 Å². The number of halogens is 3. The van der Waals surface area contributed by atoms with E-state index in [0.717, 1.165) is 29.5 Å². The van der Waals surface area contributed by atoms with Crippen LogP contribution in [0.2, 0.25) is 5.02 Å². The van der Waals surface area contributed by atoms with Crippen LogP contribution >= 0.6 is 11.6 Å². The maximum atomic E-state index is 14.4. The summed E-state index contributed by atoms with van der Waals surface area (Å²) in [5.74, 6) is -2.20. The van der Waals surface area contributed by atoms with Crippen LogP contribution in [0.1, 0.15) is 74.0 Å². The number of likely N-dealkylation sites (tertiary alicyclic amines) is 1. The topological polar surface area (TPSA) is 118 Å². The van der Waals surface area contributed by atoms with E-state index >= 15 is 0 Å². The molecule has 3 fully saturated rings. The monoisotopic (exact) mass is 605 g/mol. The molecular formula is C29H34ClF2N5O5. The minimum Gasteiger partial charge on any atom is -0.487 e. The van der Waals surface area contributed by atoms with Crippen molar-refractivity contribution >= 4 is 29.4 Å². The first-order chi connectivity index (χ1) is 20.1. The molecule has 226 valence electrons. The van der Waals surface area contributed by atoms with Crippen molar-refractivity contribution in [2.24, 2.45) is 30.7 Å². The molecule has 6 atom stereocenters. The second kappa shape index (κ2) is 11.1. The normalized spacial score (nSPS) is 27.6. The van der Waals surface area contributed by atoms with E-state index < -0.39 is 36.3 Å². The third kappa shape index (κ3) is 4.71. The molecule has 4 aliphatic rings. The fourth-order valence-electron chi connectivity index (χ4n) is 7.98. The third-order valence-corrected chi connectivity index (χ3v) is 10.2. The van der Waals surface area contributed by atoms with E-state index in [0.29, 0.717) is 48.7 Å². The van der Waals surface area contributed by atoms with Gasteiger partial charge in [0.2, 0.25) is 11.8 Å². The van der Waals surface area contributed by atoms with E-state index in [4.69, 9.17) is 16.3 Å². The van der Waals surface area contributed by atoms with E-state index in [1.54, 1.807) is 21.9 Å². The van der Waals surface area contributed by atoms with Gasteiger partial charge in [0.25, 0.3) is 6.43 Å². The first-order valence-corrected chi connectivity index (χ1v) is 14.9. The summed E-state index contributed by atoms with van der Waals surface area (Å²) >= 11 is 6.69. The van der Waals surface area contributed by atoms with Gasteiger partial charge in [0, 0.05) is 37.1 Å². The van der Waals surface area contributed by atoms with Crippen LogP contribution in [0.5, 0.6) is 5.75 Å². The molecule has 1 N–H and O–H groups in total. The Balaban J connectivity index is 1.40. The van der Waals surface area contributed by atoms with E-state index in [2.05, 4.69) is 10.3 Å². The van der Waals surface area contributed by atoms with Crippen LogP contribution < -0.4 is 4.74 Å². The summed E-state index contributed by atoms with van der Waals surface area (Å²) in [6, 6.07) is 2.20. The van der Waals surface area contributed by atoms with Gasteiger partial charge in [0.1, 0.15) is 23.7 Å². The van der Waals surface area contributed by atoms with Gasteiger partial charge in [-0.1, -0.05) is 16.8 Å². The SMILES string of the molecule is C[C@H]([C@@H]1c2c(OCc3nnn(C)c3C(F)F)ccc(Cl)c2CCN1C(=O)C1C2CCC(C2)C1C(=O)O)N1CCCC1=O. The molecule has 6 rings (SSSR count). The largest absolute Gasteiger partial charge is 0.487 e. The molecule has 2 bridgehead atoms. The average molecular weight is 606 g/mol. The number of carboxylic acids is 1. The number of benzene rings is 1. The predicted octanol–water partition coefficient (Wildman–Crippen LogP) is 4.17. The fourth-order valence-corrected chi connectivity index (χ4v) is 8.24. The number of aryl methyl sites for hydroxylation is 1. The molecule has 1 aromatic carbocycles. The number of rotatable bonds is 8. The Labute approximate surface area is 246 Å². The summed E-state index contributed by atoms with van der Waals surface area (Å²) in [4.78, 5) is 43.1. The Morgan fingerprint density at radius 3 is 2.57 bits per heavy atom. The van der Waals surface area contributed by atoms with Crippen LogP contribution in [0.3, 0.4) is 0 Å². The minimum absolute atomic E-state index is 0.00822. The number of hydrogen-bond donors (Lipinski definition) is 1. The van der Waals surface area contributed by atoms with Crippen molar-refractivity contribution in [3.63, 3.8) is 0 Å². The first-order valence-electron chi connectivity index (χ1n) is 14.5. The number of fused-ring (bicyclic) bond motifs is 3. The number of carbonyl (C=O) groups is 3. The molecule has 2 aromatic rings. The lowest BCUT2D eigenvalue weighted by molar-refractivity contribution is -0.155. The fraction of sp³-hybridized carbons (Fsp3) is 0.621. The van der Waals surface area contributed by atoms with Crippen LogP contribution in [0.4, 0.5) is 8.78 Å². The number of amides is 2. The van der Waals surface area contributed by atoms with Crippen molar-refractivity contribution in [3.8, 4) is 5.75 Å². The molecule has 1 aromatic heterocycles. The lowest BCUT2D eigenvalue weighted by atomic mass is 9.77. The van der Waals surface area contributed by atoms with Crippen LogP contribution in [0, 0.1) is 23.7 Å². The summed E-state index contributed by atoms with van der Waals surface area (Å²) in [6.07, 6.45) is 1.08. The van der Waals surface area contributed by atoms with Crippen LogP contribution in [-0.4, -0.2) is 66.8 Å². The van der Waals surface area contributed by atoms with Crippen molar-refractivity contribution < 1.29 is 33.0 Å². The smallest absolute Gasteiger partial charge is 0.307 e. The standard InChI is InChI=1S/C29H34ClF2N5O5/c1-14(36-10-3-4-21(36)38)25-24-17(9-11-37(25)28(39)22-15-5-6-16(12-15)23(22)29(40)41)18(30)7-8-20(24)42-13-19-26(27(31)32)35(2)34-33-19/h7-8,14-16,22-23,25,27H,3-6,9-13H2,1-2H3,(H,40,41)/t14-,15?,16?,22?,23?,25-/m1/s1. The molecule has 2 aliphatic heterocycles. The number of alkyl halides is 2. The van der Waals surface area contributed by atoms with Crippen molar-refractivity contribution in [1.29, 1.82) is 0 Å². The summed E-state index contributed by atoms with van der Waals surface area (Å²) in [5.41, 5.74) is 1.02. The Morgan fingerprint density at radius 2 is 1.90 bits per heavy atom. The summed E-state index contributed by atoms with van der Waals surface area (Å²) in [7, 11) is 1.39. The molecule has 2 saturated carbocycles. The van der Waals surface area contributed by atoms with E-state index in [1.807, 2.05) is 6.92 Å². The molecule has 0 spiro atoms. The maximum absolute atomic E-state index is 14.4. The summed E-state index contributed by atoms with van der Waals surface area (Å²) in [6.45, 7) is 2.45. The second-order valence-electron chi connectivity index (χ2n) is 12.0. The number of ether oxygens (including phenoxy) is 1. The molecule has 10 nitrogen and oxygen atoms in total. The predicted molar refractivity (Wildman–Crippen MR) is 146 cm³/mol. The van der Waals surface area contributed by atoms with E-state index in [1.165, 1.54) is 7.05 Å². The van der Waals surface area contributed by atoms with E-state index in [9.17, 15) is 28.3 Å². The van der Waals surface area contributed by atoms with Crippen LogP contribution in [-0.2, 0) is 34.5 Å². The highest BCUT2D eigenvalue weighted by atomic mass is 35.5. The quantitative estimate of drug-likeness (QED) is 0.480. The minimum atomic E-state index is -2.80. The number of nitrogens with zero attached hydrogens (tertiary/aromatic N) is 5. The van der Waals surface area contributed by atoms with Gasteiger partial charge in [-0.3, -0.25) is 14.4 Å². The first kappa shape index (κ1) is 28.8. The number of carboxylic acid groups (broad SMARTS) is 1. The van der Waals surface area contributed by atoms with Crippen molar-refractivity contribution in [2.75, 3.05) is 13.1 Å². The summed E-state index contributed by atoms with van der Waals surface area (Å²) in [5, 5.41) is 18.1. The van der Waals surface area contributed by atoms with Crippen LogP contribution in [0.15, 0.2) is 12.1 Å². The van der Waals surface area contributed by atoms with Crippen molar-refractivity contribution in [2.45, 2.75) is 70.6 Å². The van der Waals surface area contributed by atoms with Gasteiger partial charge in [0.05, 0.1) is 23.9 Å². The number of aliphatic carboxylic acids is 1. The molecule has 2 amide bonds.